The Balaban J connectivity index is 1.68. The number of esters is 2. The van der Waals surface area contributed by atoms with Gasteiger partial charge in [0, 0.05) is 28.1 Å². The van der Waals surface area contributed by atoms with E-state index in [0.29, 0.717) is 13.0 Å². The molecular weight excluding hydrogens is 380 g/mol. The van der Waals surface area contributed by atoms with E-state index in [2.05, 4.69) is 19.9 Å². The summed E-state index contributed by atoms with van der Waals surface area (Å²) in [5.41, 5.74) is -2.22. The van der Waals surface area contributed by atoms with Crippen molar-refractivity contribution >= 4 is 17.7 Å². The van der Waals surface area contributed by atoms with Crippen LogP contribution in [0.15, 0.2) is 23.8 Å². The van der Waals surface area contributed by atoms with Crippen molar-refractivity contribution in [3.05, 3.63) is 23.8 Å². The van der Waals surface area contributed by atoms with Crippen molar-refractivity contribution in [2.45, 2.75) is 65.9 Å². The fourth-order valence-corrected chi connectivity index (χ4v) is 9.50. The zero-order chi connectivity index (χ0) is 21.5. The first kappa shape index (κ1) is 18.8. The van der Waals surface area contributed by atoms with Gasteiger partial charge in [-0.15, -0.1) is 0 Å². The van der Waals surface area contributed by atoms with Gasteiger partial charge in [0.1, 0.15) is 5.60 Å². The summed E-state index contributed by atoms with van der Waals surface area (Å²) in [4.78, 5) is 39.3. The van der Waals surface area contributed by atoms with Crippen molar-refractivity contribution < 1.29 is 23.9 Å². The Kier molecular flexibility index (Phi) is 3.00. The highest BCUT2D eigenvalue weighted by molar-refractivity contribution is 5.96. The molecule has 0 aromatic carbocycles. The van der Waals surface area contributed by atoms with Gasteiger partial charge in [0.05, 0.1) is 17.9 Å². The van der Waals surface area contributed by atoms with Crippen LogP contribution in [-0.2, 0) is 23.9 Å². The Morgan fingerprint density at radius 2 is 1.83 bits per heavy atom. The van der Waals surface area contributed by atoms with E-state index in [0.717, 1.165) is 19.3 Å². The minimum Gasteiger partial charge on any atom is -0.465 e. The fourth-order valence-electron chi connectivity index (χ4n) is 9.50. The topological polar surface area (TPSA) is 69.7 Å². The second-order valence-electron chi connectivity index (χ2n) is 11.8. The molecule has 4 fully saturated rings. The molecular formula is C25H30O5. The summed E-state index contributed by atoms with van der Waals surface area (Å²) in [5, 5.41) is 0. The average molecular weight is 411 g/mol. The lowest BCUT2D eigenvalue weighted by Gasteiger charge is -2.69. The minimum atomic E-state index is -0.766. The number of hydrogen-bond donors (Lipinski definition) is 0. The summed E-state index contributed by atoms with van der Waals surface area (Å²) in [6.07, 6.45) is 8.96. The second-order valence-corrected chi connectivity index (χ2v) is 11.8. The van der Waals surface area contributed by atoms with Gasteiger partial charge in [-0.05, 0) is 45.1 Å². The van der Waals surface area contributed by atoms with Crippen LogP contribution in [-0.4, -0.2) is 29.9 Å². The summed E-state index contributed by atoms with van der Waals surface area (Å²) in [7, 11) is 0. The van der Waals surface area contributed by atoms with E-state index in [1.54, 1.807) is 6.08 Å². The van der Waals surface area contributed by atoms with E-state index in [9.17, 15) is 14.4 Å². The van der Waals surface area contributed by atoms with Gasteiger partial charge in [-0.1, -0.05) is 38.5 Å². The molecule has 2 saturated heterocycles. The number of fused-ring (bicyclic) bond motifs is 2. The molecule has 0 amide bonds. The van der Waals surface area contributed by atoms with E-state index in [-0.39, 0.29) is 29.1 Å². The number of hydrogen-bond acceptors (Lipinski definition) is 5. The molecule has 0 radical (unpaired) electrons. The van der Waals surface area contributed by atoms with Gasteiger partial charge < -0.3 is 9.47 Å². The first-order chi connectivity index (χ1) is 13.9. The molecule has 0 unspecified atom stereocenters. The van der Waals surface area contributed by atoms with Crippen LogP contribution in [0.2, 0.25) is 0 Å². The normalized spacial score (nSPS) is 54.6. The van der Waals surface area contributed by atoms with Crippen LogP contribution in [0.5, 0.6) is 0 Å². The van der Waals surface area contributed by atoms with Gasteiger partial charge >= 0.3 is 11.9 Å². The Morgan fingerprint density at radius 1 is 1.10 bits per heavy atom. The number of rotatable bonds is 0. The molecule has 4 aliphatic carbocycles. The smallest absolute Gasteiger partial charge is 0.313 e. The number of cyclic esters (lactones) is 1. The third-order valence-corrected chi connectivity index (χ3v) is 10.7. The summed E-state index contributed by atoms with van der Waals surface area (Å²) in [6.45, 7) is 10.7. The van der Waals surface area contributed by atoms with Crippen molar-refractivity contribution in [2.24, 2.45) is 38.9 Å². The van der Waals surface area contributed by atoms with Crippen molar-refractivity contribution in [1.82, 2.24) is 0 Å². The van der Waals surface area contributed by atoms with E-state index in [1.165, 1.54) is 5.57 Å². The zero-order valence-corrected chi connectivity index (χ0v) is 18.5. The van der Waals surface area contributed by atoms with Crippen LogP contribution >= 0.6 is 0 Å². The highest BCUT2D eigenvalue weighted by Crippen LogP contribution is 2.86. The average Bonchev–Trinajstić information content (AvgIpc) is 3.21. The first-order valence-electron chi connectivity index (χ1n) is 11.2. The lowest BCUT2D eigenvalue weighted by atomic mass is 9.36. The number of allylic oxidation sites excluding steroid dienone is 2. The van der Waals surface area contributed by atoms with Crippen LogP contribution in [0.25, 0.3) is 0 Å². The minimum absolute atomic E-state index is 0.0844. The van der Waals surface area contributed by atoms with E-state index in [4.69, 9.17) is 9.47 Å². The molecule has 3 spiro atoms. The molecule has 0 aromatic heterocycles. The van der Waals surface area contributed by atoms with Gasteiger partial charge in [-0.3, -0.25) is 14.4 Å². The van der Waals surface area contributed by atoms with Gasteiger partial charge in [-0.2, -0.15) is 0 Å². The van der Waals surface area contributed by atoms with Crippen molar-refractivity contribution in [2.75, 3.05) is 6.61 Å². The molecule has 30 heavy (non-hydrogen) atoms. The maximum atomic E-state index is 13.5. The van der Waals surface area contributed by atoms with E-state index in [1.807, 2.05) is 26.8 Å². The monoisotopic (exact) mass is 410 g/mol. The van der Waals surface area contributed by atoms with Gasteiger partial charge in [0.15, 0.2) is 5.78 Å². The second kappa shape index (κ2) is 4.78. The molecule has 0 aromatic rings. The molecule has 2 aliphatic heterocycles. The molecule has 5 nitrogen and oxygen atoms in total. The van der Waals surface area contributed by atoms with Gasteiger partial charge in [0.25, 0.3) is 0 Å². The highest BCUT2D eigenvalue weighted by Gasteiger charge is 2.92. The highest BCUT2D eigenvalue weighted by atomic mass is 16.6. The van der Waals surface area contributed by atoms with Crippen LogP contribution in [0.4, 0.5) is 0 Å². The Bertz CT molecular complexity index is 1010. The number of ether oxygens (including phenoxy) is 2. The summed E-state index contributed by atoms with van der Waals surface area (Å²) in [6, 6.07) is 0. The Labute approximate surface area is 177 Å². The Hall–Kier alpha value is -1.91. The predicted molar refractivity (Wildman–Crippen MR) is 108 cm³/mol. The SMILES string of the molecule is CC1=C[C@H]2C(=O)OC[C@@]23[C@@]2(CC[C@H]4C(C)(C)C(=O)C=C[C@]4(C)[C@]24C[C@@]3(C)C(=O)O4)C1. The number of carbonyl (C=O) groups is 3. The summed E-state index contributed by atoms with van der Waals surface area (Å²) >= 11 is 0. The van der Waals surface area contributed by atoms with Crippen molar-refractivity contribution in [3.63, 3.8) is 0 Å². The molecule has 2 heterocycles. The largest absolute Gasteiger partial charge is 0.465 e. The molecule has 5 heteroatoms. The van der Waals surface area contributed by atoms with E-state index < -0.39 is 33.2 Å². The lowest BCUT2D eigenvalue weighted by Crippen LogP contribution is -2.73. The summed E-state index contributed by atoms with van der Waals surface area (Å²) in [5.74, 6) is -0.560. The molecule has 2 bridgehead atoms. The predicted octanol–water partition coefficient (Wildman–Crippen LogP) is 3.77. The quantitative estimate of drug-likeness (QED) is 0.449. The molecule has 6 aliphatic rings. The van der Waals surface area contributed by atoms with Crippen LogP contribution in [0.3, 0.4) is 0 Å². The number of carbonyl (C=O) groups excluding carboxylic acids is 3. The Morgan fingerprint density at radius 3 is 2.57 bits per heavy atom. The summed E-state index contributed by atoms with van der Waals surface area (Å²) < 4.78 is 12.2. The maximum absolute atomic E-state index is 13.5. The maximum Gasteiger partial charge on any atom is 0.313 e. The fraction of sp³-hybridized carbons (Fsp3) is 0.720. The molecule has 2 saturated carbocycles. The van der Waals surface area contributed by atoms with Gasteiger partial charge in [-0.25, -0.2) is 0 Å². The standard InChI is InChI=1S/C25H30O5/c1-14-10-15-18(27)29-13-24(15)22(5)12-25(30-19(22)28)21(4)8-7-17(26)20(2,3)16(21)6-9-23(24,25)11-14/h7-8,10,15-16H,6,9,11-13H2,1-5H3/t15-,16-,21-,22-,23+,24+,25+/m0/s1. The van der Waals surface area contributed by atoms with Gasteiger partial charge in [0.2, 0.25) is 0 Å². The molecule has 0 N–H and O–H groups in total. The van der Waals surface area contributed by atoms with E-state index >= 15 is 0 Å². The third-order valence-electron chi connectivity index (χ3n) is 10.7. The zero-order valence-electron chi connectivity index (χ0n) is 18.5. The third kappa shape index (κ3) is 1.46. The molecule has 7 atom stereocenters. The molecule has 6 rings (SSSR count). The number of ketones is 1. The lowest BCUT2D eigenvalue weighted by molar-refractivity contribution is -0.267. The molecule has 160 valence electrons. The van der Waals surface area contributed by atoms with Crippen LogP contribution < -0.4 is 0 Å². The van der Waals surface area contributed by atoms with Crippen LogP contribution in [0.1, 0.15) is 60.3 Å². The van der Waals surface area contributed by atoms with Crippen LogP contribution in [0, 0.1) is 38.9 Å². The first-order valence-corrected chi connectivity index (χ1v) is 11.2. The van der Waals surface area contributed by atoms with Crippen molar-refractivity contribution in [1.29, 1.82) is 0 Å². The van der Waals surface area contributed by atoms with Crippen molar-refractivity contribution in [3.8, 4) is 0 Å².